The van der Waals surface area contributed by atoms with E-state index < -0.39 is 0 Å². The number of thiophene rings is 5. The third kappa shape index (κ3) is 6.78. The van der Waals surface area contributed by atoms with Crippen LogP contribution in [0.1, 0.15) is 94.5 Å². The van der Waals surface area contributed by atoms with Crippen molar-refractivity contribution in [3.05, 3.63) is 64.3 Å². The van der Waals surface area contributed by atoms with Crippen molar-refractivity contribution in [1.29, 1.82) is 0 Å². The van der Waals surface area contributed by atoms with E-state index >= 15 is 0 Å². The summed E-state index contributed by atoms with van der Waals surface area (Å²) in [7, 11) is 0. The fourth-order valence-corrected chi connectivity index (χ4v) is 9.55. The van der Waals surface area contributed by atoms with Gasteiger partial charge in [0.2, 0.25) is 0 Å². The van der Waals surface area contributed by atoms with Crippen LogP contribution in [0, 0.1) is 23.7 Å². The van der Waals surface area contributed by atoms with Gasteiger partial charge in [0.25, 0.3) is 0 Å². The van der Waals surface area contributed by atoms with E-state index in [1.165, 1.54) is 114 Å². The number of hydrogen-bond donors (Lipinski definition) is 0. The van der Waals surface area contributed by atoms with Gasteiger partial charge in [-0.15, -0.1) is 56.7 Å². The predicted molar refractivity (Wildman–Crippen MR) is 171 cm³/mol. The zero-order chi connectivity index (χ0) is 25.5. The molecule has 0 aliphatic heterocycles. The molecule has 0 spiro atoms. The van der Waals surface area contributed by atoms with Crippen LogP contribution in [0.15, 0.2) is 35.0 Å². The van der Waals surface area contributed by atoms with Gasteiger partial charge in [0.1, 0.15) is 0 Å². The molecule has 0 amide bonds. The van der Waals surface area contributed by atoms with Gasteiger partial charge in [-0.3, -0.25) is 0 Å². The molecule has 5 aromatic heterocycles. The normalized spacial score (nSPS) is 11.1. The van der Waals surface area contributed by atoms with Crippen molar-refractivity contribution in [2.24, 2.45) is 0 Å². The highest BCUT2D eigenvalue weighted by Gasteiger charge is 2.14. The number of unbranched alkanes of at least 4 members (excludes halogenated alkanes) is 6. The van der Waals surface area contributed by atoms with Gasteiger partial charge in [-0.1, -0.05) is 52.4 Å². The highest BCUT2D eigenvalue weighted by molar-refractivity contribution is 7.31. The summed E-state index contributed by atoms with van der Waals surface area (Å²) in [4.78, 5) is 7.65. The second-order valence-corrected chi connectivity index (χ2v) is 14.5. The van der Waals surface area contributed by atoms with Crippen molar-refractivity contribution in [2.45, 2.75) is 78.1 Å². The molecule has 5 heteroatoms. The summed E-state index contributed by atoms with van der Waals surface area (Å²) in [6.45, 7) is 4.53. The first-order valence-corrected chi connectivity index (χ1v) is 17.6. The summed E-state index contributed by atoms with van der Waals surface area (Å²) in [6, 6.07) is 8.91. The van der Waals surface area contributed by atoms with Gasteiger partial charge >= 0.3 is 0 Å². The minimum atomic E-state index is 1.18. The summed E-state index contributed by atoms with van der Waals surface area (Å²) in [5.74, 6) is 13.9. The molecule has 5 rings (SSSR count). The minimum absolute atomic E-state index is 1.18. The molecule has 0 unspecified atom stereocenters. The van der Waals surface area contributed by atoms with E-state index in [0.717, 1.165) is 0 Å². The molecule has 5 aromatic rings. The smallest absolute Gasteiger partial charge is 0.0951 e. The van der Waals surface area contributed by atoms with Crippen LogP contribution in [0.4, 0.5) is 0 Å². The molecular weight excluding hydrogens is 545 g/mol. The monoisotopic (exact) mass is 576 g/mol. The Bertz CT molecular complexity index is 1460. The summed E-state index contributed by atoms with van der Waals surface area (Å²) < 4.78 is 2.64. The summed E-state index contributed by atoms with van der Waals surface area (Å²) >= 11 is 9.13. The van der Waals surface area contributed by atoms with Crippen LogP contribution in [0.25, 0.3) is 20.2 Å². The molecule has 0 aromatic carbocycles. The second kappa shape index (κ2) is 13.3. The zero-order valence-electron chi connectivity index (χ0n) is 21.6. The molecule has 0 saturated heterocycles. The van der Waals surface area contributed by atoms with Crippen molar-refractivity contribution < 1.29 is 0 Å². The highest BCUT2D eigenvalue weighted by atomic mass is 32.1. The number of rotatable bonds is 10. The van der Waals surface area contributed by atoms with E-state index in [1.54, 1.807) is 22.7 Å². The van der Waals surface area contributed by atoms with E-state index in [9.17, 15) is 0 Å². The summed E-state index contributed by atoms with van der Waals surface area (Å²) in [5, 5.41) is 7.23. The first-order valence-electron chi connectivity index (χ1n) is 13.4. The summed E-state index contributed by atoms with van der Waals surface area (Å²) in [6.07, 6.45) is 12.9. The lowest BCUT2D eigenvalue weighted by Gasteiger charge is -1.96. The Kier molecular flexibility index (Phi) is 9.59. The van der Waals surface area contributed by atoms with Crippen LogP contribution in [-0.4, -0.2) is 0 Å². The molecule has 0 atom stereocenters. The maximum Gasteiger partial charge on any atom is 0.0951 e. The number of fused-ring (bicyclic) bond motifs is 3. The Hall–Kier alpha value is -1.86. The third-order valence-electron chi connectivity index (χ3n) is 6.46. The summed E-state index contributed by atoms with van der Waals surface area (Å²) in [5.41, 5.74) is 0. The van der Waals surface area contributed by atoms with Crippen molar-refractivity contribution in [3.8, 4) is 23.7 Å². The molecule has 0 fully saturated rings. The van der Waals surface area contributed by atoms with Crippen molar-refractivity contribution in [2.75, 3.05) is 0 Å². The van der Waals surface area contributed by atoms with Crippen LogP contribution >= 0.6 is 56.7 Å². The van der Waals surface area contributed by atoms with E-state index in [1.807, 2.05) is 34.0 Å². The van der Waals surface area contributed by atoms with Gasteiger partial charge in [-0.05, 0) is 73.6 Å². The van der Waals surface area contributed by atoms with E-state index in [2.05, 4.69) is 72.6 Å². The highest BCUT2D eigenvalue weighted by Crippen LogP contribution is 2.43. The van der Waals surface area contributed by atoms with Gasteiger partial charge in [0.05, 0.1) is 28.9 Å². The SMILES string of the molecule is CCCCCCc1ccc(C#Cc2scc3c2sc2c(C#Cc4ccc(CCCCCC)s4)scc23)s1. The quantitative estimate of drug-likeness (QED) is 0.115. The Morgan fingerprint density at radius 1 is 0.541 bits per heavy atom. The van der Waals surface area contributed by atoms with Crippen LogP contribution in [-0.2, 0) is 12.8 Å². The molecular formula is C32H32S5. The third-order valence-corrected chi connectivity index (χ3v) is 11.9. The Morgan fingerprint density at radius 3 is 1.49 bits per heavy atom. The van der Waals surface area contributed by atoms with Crippen LogP contribution in [0.5, 0.6) is 0 Å². The molecule has 0 N–H and O–H groups in total. The minimum Gasteiger partial charge on any atom is -0.133 e. The first kappa shape index (κ1) is 26.7. The average molecular weight is 577 g/mol. The number of aryl methyl sites for hydroxylation is 2. The molecule has 5 heterocycles. The molecule has 0 aliphatic carbocycles. The zero-order valence-corrected chi connectivity index (χ0v) is 25.7. The van der Waals surface area contributed by atoms with Crippen molar-refractivity contribution >= 4 is 76.9 Å². The first-order chi connectivity index (χ1) is 18.2. The van der Waals surface area contributed by atoms with Gasteiger partial charge in [0, 0.05) is 31.3 Å². The topological polar surface area (TPSA) is 0 Å². The molecule has 190 valence electrons. The standard InChI is InChI=1S/C32H32S5/c1-3-5-7-9-11-23-13-15-25(35-23)17-19-29-31-27(21-33-29)28-22-34-30(32(28)37-31)20-18-26-16-14-24(36-26)12-10-8-6-4-2/h13-16,21-22H,3-12H2,1-2H3. The Balaban J connectivity index is 1.29. The molecule has 0 aliphatic rings. The van der Waals surface area contributed by atoms with Crippen molar-refractivity contribution in [3.63, 3.8) is 0 Å². The van der Waals surface area contributed by atoms with Crippen LogP contribution < -0.4 is 0 Å². The lowest BCUT2D eigenvalue weighted by molar-refractivity contribution is 0.670. The van der Waals surface area contributed by atoms with E-state index in [4.69, 9.17) is 0 Å². The van der Waals surface area contributed by atoms with Crippen molar-refractivity contribution in [1.82, 2.24) is 0 Å². The maximum absolute atomic E-state index is 3.49. The van der Waals surface area contributed by atoms with Gasteiger partial charge < -0.3 is 0 Å². The molecule has 0 nitrogen and oxygen atoms in total. The Labute approximate surface area is 241 Å². The second-order valence-electron chi connectivity index (χ2n) is 9.37. The average Bonchev–Trinajstić information content (AvgIpc) is 3.71. The fraction of sp³-hybridized carbons (Fsp3) is 0.375. The molecule has 0 bridgehead atoms. The van der Waals surface area contributed by atoms with Gasteiger partial charge in [0.15, 0.2) is 0 Å². The fourth-order valence-electron chi connectivity index (χ4n) is 4.39. The predicted octanol–water partition coefficient (Wildman–Crippen LogP) is 11.3. The van der Waals surface area contributed by atoms with E-state index in [-0.39, 0.29) is 0 Å². The Morgan fingerprint density at radius 2 is 1.03 bits per heavy atom. The molecule has 37 heavy (non-hydrogen) atoms. The van der Waals surface area contributed by atoms with Crippen LogP contribution in [0.2, 0.25) is 0 Å². The van der Waals surface area contributed by atoms with Crippen LogP contribution in [0.3, 0.4) is 0 Å². The maximum atomic E-state index is 3.49. The van der Waals surface area contributed by atoms with Gasteiger partial charge in [-0.2, -0.15) is 0 Å². The number of hydrogen-bond acceptors (Lipinski definition) is 5. The van der Waals surface area contributed by atoms with E-state index in [0.29, 0.717) is 0 Å². The largest absolute Gasteiger partial charge is 0.133 e. The lowest BCUT2D eigenvalue weighted by atomic mass is 10.1. The van der Waals surface area contributed by atoms with Gasteiger partial charge in [-0.25, -0.2) is 0 Å². The molecule has 0 radical (unpaired) electrons. The lowest BCUT2D eigenvalue weighted by Crippen LogP contribution is -1.80. The molecule has 0 saturated carbocycles.